The SMILES string of the molecule is CCCNCCNC(=O)CC(NC(=O)c1ccccc1)c1ccccc1. The molecule has 0 aliphatic carbocycles. The Morgan fingerprint density at radius 3 is 2.19 bits per heavy atom. The van der Waals surface area contributed by atoms with Gasteiger partial charge >= 0.3 is 0 Å². The first-order valence-corrected chi connectivity index (χ1v) is 9.09. The molecule has 0 aromatic heterocycles. The zero-order chi connectivity index (χ0) is 18.6. The number of nitrogens with one attached hydrogen (secondary N) is 3. The van der Waals surface area contributed by atoms with Crippen molar-refractivity contribution in [2.24, 2.45) is 0 Å². The molecule has 0 saturated carbocycles. The van der Waals surface area contributed by atoms with E-state index in [0.29, 0.717) is 12.1 Å². The molecular weight excluding hydrogens is 326 g/mol. The topological polar surface area (TPSA) is 70.2 Å². The van der Waals surface area contributed by atoms with Gasteiger partial charge in [0.1, 0.15) is 0 Å². The average Bonchev–Trinajstić information content (AvgIpc) is 2.68. The highest BCUT2D eigenvalue weighted by Gasteiger charge is 2.18. The zero-order valence-corrected chi connectivity index (χ0v) is 15.2. The van der Waals surface area contributed by atoms with Crippen LogP contribution in [-0.4, -0.2) is 31.4 Å². The largest absolute Gasteiger partial charge is 0.355 e. The molecule has 2 rings (SSSR count). The molecule has 2 amide bonds. The summed E-state index contributed by atoms with van der Waals surface area (Å²) >= 11 is 0. The van der Waals surface area contributed by atoms with Crippen molar-refractivity contribution in [1.82, 2.24) is 16.0 Å². The molecule has 26 heavy (non-hydrogen) atoms. The average molecular weight is 353 g/mol. The Labute approximate surface area is 155 Å². The zero-order valence-electron chi connectivity index (χ0n) is 15.2. The van der Waals surface area contributed by atoms with Gasteiger partial charge in [0, 0.05) is 18.7 Å². The number of rotatable bonds is 10. The third-order valence-corrected chi connectivity index (χ3v) is 3.98. The lowest BCUT2D eigenvalue weighted by Crippen LogP contribution is -2.36. The van der Waals surface area contributed by atoms with Crippen molar-refractivity contribution in [3.8, 4) is 0 Å². The van der Waals surface area contributed by atoms with E-state index in [4.69, 9.17) is 0 Å². The fraction of sp³-hybridized carbons (Fsp3) is 0.333. The highest BCUT2D eigenvalue weighted by atomic mass is 16.2. The minimum absolute atomic E-state index is 0.0782. The highest BCUT2D eigenvalue weighted by molar-refractivity contribution is 5.94. The summed E-state index contributed by atoms with van der Waals surface area (Å²) in [7, 11) is 0. The lowest BCUT2D eigenvalue weighted by Gasteiger charge is -2.19. The van der Waals surface area contributed by atoms with Crippen molar-refractivity contribution in [1.29, 1.82) is 0 Å². The van der Waals surface area contributed by atoms with E-state index in [1.54, 1.807) is 12.1 Å². The second kappa shape index (κ2) is 11.1. The van der Waals surface area contributed by atoms with Crippen LogP contribution in [0.5, 0.6) is 0 Å². The summed E-state index contributed by atoms with van der Waals surface area (Å²) < 4.78 is 0. The molecule has 0 radical (unpaired) electrons. The maximum atomic E-state index is 12.5. The van der Waals surface area contributed by atoms with Crippen LogP contribution in [0.25, 0.3) is 0 Å². The van der Waals surface area contributed by atoms with E-state index < -0.39 is 0 Å². The molecule has 0 fully saturated rings. The third kappa shape index (κ3) is 6.69. The summed E-state index contributed by atoms with van der Waals surface area (Å²) in [5, 5.41) is 9.12. The first-order valence-electron chi connectivity index (χ1n) is 9.09. The Kier molecular flexibility index (Phi) is 8.36. The fourth-order valence-corrected chi connectivity index (χ4v) is 2.62. The molecule has 0 saturated heterocycles. The van der Waals surface area contributed by atoms with Crippen molar-refractivity contribution in [2.45, 2.75) is 25.8 Å². The van der Waals surface area contributed by atoms with Gasteiger partial charge in [-0.05, 0) is 30.7 Å². The number of carbonyl (C=O) groups excluding carboxylic acids is 2. The van der Waals surface area contributed by atoms with E-state index in [-0.39, 0.29) is 24.3 Å². The van der Waals surface area contributed by atoms with E-state index >= 15 is 0 Å². The number of benzene rings is 2. The second-order valence-corrected chi connectivity index (χ2v) is 6.11. The molecule has 0 aliphatic rings. The van der Waals surface area contributed by atoms with Gasteiger partial charge in [0.2, 0.25) is 5.91 Å². The quantitative estimate of drug-likeness (QED) is 0.575. The van der Waals surface area contributed by atoms with Gasteiger partial charge in [0.05, 0.1) is 12.5 Å². The van der Waals surface area contributed by atoms with E-state index in [0.717, 1.165) is 25.1 Å². The molecule has 2 aromatic carbocycles. The summed E-state index contributed by atoms with van der Waals surface area (Å²) in [6.07, 6.45) is 1.27. The lowest BCUT2D eigenvalue weighted by molar-refractivity contribution is -0.121. The predicted molar refractivity (Wildman–Crippen MR) is 104 cm³/mol. The maximum Gasteiger partial charge on any atom is 0.251 e. The fourth-order valence-electron chi connectivity index (χ4n) is 2.62. The summed E-state index contributed by atoms with van der Waals surface area (Å²) in [4.78, 5) is 24.8. The molecule has 1 unspecified atom stereocenters. The maximum absolute atomic E-state index is 12.5. The van der Waals surface area contributed by atoms with Crippen LogP contribution in [0, 0.1) is 0 Å². The summed E-state index contributed by atoms with van der Waals surface area (Å²) in [6, 6.07) is 18.2. The van der Waals surface area contributed by atoms with Crippen LogP contribution < -0.4 is 16.0 Å². The van der Waals surface area contributed by atoms with Gasteiger partial charge < -0.3 is 16.0 Å². The molecule has 0 spiro atoms. The Morgan fingerprint density at radius 2 is 1.54 bits per heavy atom. The van der Waals surface area contributed by atoms with Crippen LogP contribution in [0.1, 0.15) is 41.7 Å². The minimum Gasteiger partial charge on any atom is -0.355 e. The Hall–Kier alpha value is -2.66. The van der Waals surface area contributed by atoms with Gasteiger partial charge in [-0.3, -0.25) is 9.59 Å². The van der Waals surface area contributed by atoms with Gasteiger partial charge in [-0.1, -0.05) is 55.5 Å². The smallest absolute Gasteiger partial charge is 0.251 e. The van der Waals surface area contributed by atoms with Gasteiger partial charge in [-0.25, -0.2) is 0 Å². The molecule has 2 aromatic rings. The van der Waals surface area contributed by atoms with Crippen LogP contribution in [0.3, 0.4) is 0 Å². The van der Waals surface area contributed by atoms with Crippen LogP contribution in [-0.2, 0) is 4.79 Å². The summed E-state index contributed by atoms with van der Waals surface area (Å²) in [5.74, 6) is -0.262. The van der Waals surface area contributed by atoms with E-state index in [2.05, 4.69) is 22.9 Å². The monoisotopic (exact) mass is 353 g/mol. The van der Waals surface area contributed by atoms with Crippen LogP contribution in [0.15, 0.2) is 60.7 Å². The van der Waals surface area contributed by atoms with E-state index in [1.165, 1.54) is 0 Å². The molecule has 5 heteroatoms. The van der Waals surface area contributed by atoms with Crippen molar-refractivity contribution in [3.63, 3.8) is 0 Å². The summed E-state index contributed by atoms with van der Waals surface area (Å²) in [5.41, 5.74) is 1.49. The predicted octanol–water partition coefficient (Wildman–Crippen LogP) is 2.66. The first kappa shape index (κ1) is 19.7. The third-order valence-electron chi connectivity index (χ3n) is 3.98. The standard InChI is InChI=1S/C21H27N3O2/c1-2-13-22-14-15-23-20(25)16-19(17-9-5-3-6-10-17)24-21(26)18-11-7-4-8-12-18/h3-12,19,22H,2,13-16H2,1H3,(H,23,25)(H,24,26). The molecule has 138 valence electrons. The van der Waals surface area contributed by atoms with Gasteiger partial charge in [-0.2, -0.15) is 0 Å². The van der Waals surface area contributed by atoms with Crippen LogP contribution in [0.2, 0.25) is 0 Å². The van der Waals surface area contributed by atoms with Crippen molar-refractivity contribution in [3.05, 3.63) is 71.8 Å². The Morgan fingerprint density at radius 1 is 0.885 bits per heavy atom. The van der Waals surface area contributed by atoms with E-state index in [9.17, 15) is 9.59 Å². The molecular formula is C21H27N3O2. The first-order chi connectivity index (χ1) is 12.7. The molecule has 3 N–H and O–H groups in total. The number of carbonyl (C=O) groups is 2. The van der Waals surface area contributed by atoms with E-state index in [1.807, 2.05) is 48.5 Å². The number of hydrogen-bond acceptors (Lipinski definition) is 3. The Bertz CT molecular complexity index is 674. The van der Waals surface area contributed by atoms with Crippen molar-refractivity contribution >= 4 is 11.8 Å². The number of hydrogen-bond donors (Lipinski definition) is 3. The van der Waals surface area contributed by atoms with Crippen molar-refractivity contribution < 1.29 is 9.59 Å². The molecule has 1 atom stereocenters. The summed E-state index contributed by atoms with van der Waals surface area (Å²) in [6.45, 7) is 4.36. The normalized spacial score (nSPS) is 11.6. The molecule has 0 bridgehead atoms. The highest BCUT2D eigenvalue weighted by Crippen LogP contribution is 2.17. The minimum atomic E-state index is -0.368. The number of amides is 2. The molecule has 0 aliphatic heterocycles. The van der Waals surface area contributed by atoms with Crippen LogP contribution >= 0.6 is 0 Å². The van der Waals surface area contributed by atoms with Gasteiger partial charge in [-0.15, -0.1) is 0 Å². The Balaban J connectivity index is 1.96. The second-order valence-electron chi connectivity index (χ2n) is 6.11. The van der Waals surface area contributed by atoms with Gasteiger partial charge in [0.25, 0.3) is 5.91 Å². The van der Waals surface area contributed by atoms with Crippen molar-refractivity contribution in [2.75, 3.05) is 19.6 Å². The molecule has 0 heterocycles. The lowest BCUT2D eigenvalue weighted by atomic mass is 10.0. The van der Waals surface area contributed by atoms with Gasteiger partial charge in [0.15, 0.2) is 0 Å². The van der Waals surface area contributed by atoms with Crippen LogP contribution in [0.4, 0.5) is 0 Å². The molecule has 5 nitrogen and oxygen atoms in total.